The van der Waals surface area contributed by atoms with E-state index in [2.05, 4.69) is 53.3 Å². The quantitative estimate of drug-likeness (QED) is 0.678. The van der Waals surface area contributed by atoms with E-state index in [-0.39, 0.29) is 0 Å². The summed E-state index contributed by atoms with van der Waals surface area (Å²) in [6, 6.07) is 6.62. The maximum absolute atomic E-state index is 3.59. The summed E-state index contributed by atoms with van der Waals surface area (Å²) in [4.78, 5) is 0. The Morgan fingerprint density at radius 1 is 1.33 bits per heavy atom. The van der Waals surface area contributed by atoms with Crippen LogP contribution in [-0.4, -0.2) is 6.54 Å². The monoisotopic (exact) mass is 309 g/mol. The molecule has 0 saturated heterocycles. The Labute approximate surface area is 119 Å². The summed E-state index contributed by atoms with van der Waals surface area (Å²) >= 11 is 3.59. The normalized spacial score (nSPS) is 19.4. The molecule has 0 spiro atoms. The first kappa shape index (κ1) is 13.9. The van der Waals surface area contributed by atoms with E-state index in [1.165, 1.54) is 47.8 Å². The standard InChI is InChI=1S/C16H24BrN/c1-3-4-5-6-7-12(2)15-11-18-16-9-8-13(17)10-14(15)16/h8-10,12,15,18H,3-7,11H2,1-2H3. The third-order valence-electron chi connectivity index (χ3n) is 4.13. The minimum absolute atomic E-state index is 0.694. The molecule has 1 heterocycles. The van der Waals surface area contributed by atoms with Gasteiger partial charge in [0.15, 0.2) is 0 Å². The number of anilines is 1. The molecule has 2 unspecified atom stereocenters. The Morgan fingerprint density at radius 3 is 2.94 bits per heavy atom. The van der Waals surface area contributed by atoms with E-state index in [1.807, 2.05) is 0 Å². The fourth-order valence-corrected chi connectivity index (χ4v) is 3.31. The fourth-order valence-electron chi connectivity index (χ4n) is 2.93. The van der Waals surface area contributed by atoms with Gasteiger partial charge in [-0.3, -0.25) is 0 Å². The predicted octanol–water partition coefficient (Wildman–Crippen LogP) is 5.56. The Hall–Kier alpha value is -0.500. The van der Waals surface area contributed by atoms with Crippen molar-refractivity contribution < 1.29 is 0 Å². The molecule has 0 amide bonds. The summed E-state index contributed by atoms with van der Waals surface area (Å²) in [5, 5.41) is 3.54. The first-order chi connectivity index (χ1) is 8.72. The highest BCUT2D eigenvalue weighted by molar-refractivity contribution is 9.10. The molecule has 2 heteroatoms. The van der Waals surface area contributed by atoms with Gasteiger partial charge in [0.05, 0.1) is 0 Å². The molecule has 0 aliphatic carbocycles. The highest BCUT2D eigenvalue weighted by atomic mass is 79.9. The van der Waals surface area contributed by atoms with Gasteiger partial charge in [-0.25, -0.2) is 0 Å². The van der Waals surface area contributed by atoms with Crippen LogP contribution in [0.25, 0.3) is 0 Å². The second-order valence-corrected chi connectivity index (χ2v) is 6.46. The maximum atomic E-state index is 3.59. The lowest BCUT2D eigenvalue weighted by atomic mass is 9.85. The van der Waals surface area contributed by atoms with Crippen molar-refractivity contribution in [3.8, 4) is 0 Å². The number of rotatable bonds is 6. The van der Waals surface area contributed by atoms with Gasteiger partial charge >= 0.3 is 0 Å². The SMILES string of the molecule is CCCCCCC(C)C1CNc2ccc(Br)cc21. The molecule has 1 aromatic carbocycles. The lowest BCUT2D eigenvalue weighted by molar-refractivity contribution is 0.427. The third kappa shape index (κ3) is 3.28. The minimum atomic E-state index is 0.694. The summed E-state index contributed by atoms with van der Waals surface area (Å²) in [5.74, 6) is 1.48. The zero-order valence-corrected chi connectivity index (χ0v) is 13.1. The van der Waals surface area contributed by atoms with Crippen molar-refractivity contribution in [1.29, 1.82) is 0 Å². The van der Waals surface area contributed by atoms with Crippen LogP contribution in [0, 0.1) is 5.92 Å². The highest BCUT2D eigenvalue weighted by Gasteiger charge is 2.26. The summed E-state index contributed by atoms with van der Waals surface area (Å²) < 4.78 is 1.20. The molecule has 100 valence electrons. The fraction of sp³-hybridized carbons (Fsp3) is 0.625. The van der Waals surface area contributed by atoms with Gasteiger partial charge in [-0.15, -0.1) is 0 Å². The van der Waals surface area contributed by atoms with Crippen LogP contribution in [0.1, 0.15) is 57.4 Å². The van der Waals surface area contributed by atoms with Crippen LogP contribution in [0.15, 0.2) is 22.7 Å². The average Bonchev–Trinajstić information content (AvgIpc) is 2.77. The van der Waals surface area contributed by atoms with Crippen LogP contribution in [-0.2, 0) is 0 Å². The second kappa shape index (κ2) is 6.60. The van der Waals surface area contributed by atoms with E-state index in [9.17, 15) is 0 Å². The number of halogens is 1. The molecular weight excluding hydrogens is 286 g/mol. The van der Waals surface area contributed by atoms with Crippen molar-refractivity contribution in [2.45, 2.75) is 51.9 Å². The van der Waals surface area contributed by atoms with E-state index < -0.39 is 0 Å². The van der Waals surface area contributed by atoms with Gasteiger partial charge in [0, 0.05) is 22.6 Å². The summed E-state index contributed by atoms with van der Waals surface area (Å²) in [5.41, 5.74) is 2.84. The van der Waals surface area contributed by atoms with Gasteiger partial charge < -0.3 is 5.32 Å². The molecule has 2 rings (SSSR count). The molecule has 1 aliphatic rings. The largest absolute Gasteiger partial charge is 0.384 e. The lowest BCUT2D eigenvalue weighted by Gasteiger charge is -2.19. The van der Waals surface area contributed by atoms with E-state index in [1.54, 1.807) is 0 Å². The molecule has 0 saturated carbocycles. The number of hydrogen-bond donors (Lipinski definition) is 1. The van der Waals surface area contributed by atoms with Crippen LogP contribution in [0.2, 0.25) is 0 Å². The first-order valence-corrected chi connectivity index (χ1v) is 8.05. The first-order valence-electron chi connectivity index (χ1n) is 7.25. The number of unbranched alkanes of at least 4 members (excludes halogenated alkanes) is 3. The zero-order chi connectivity index (χ0) is 13.0. The van der Waals surface area contributed by atoms with Crippen molar-refractivity contribution in [3.63, 3.8) is 0 Å². The molecule has 1 nitrogen and oxygen atoms in total. The molecule has 18 heavy (non-hydrogen) atoms. The molecular formula is C16H24BrN. The summed E-state index contributed by atoms with van der Waals surface area (Å²) in [6.45, 7) is 5.80. The molecule has 1 N–H and O–H groups in total. The minimum Gasteiger partial charge on any atom is -0.384 e. The summed E-state index contributed by atoms with van der Waals surface area (Å²) in [7, 11) is 0. The van der Waals surface area contributed by atoms with Crippen molar-refractivity contribution in [2.75, 3.05) is 11.9 Å². The second-order valence-electron chi connectivity index (χ2n) is 5.55. The van der Waals surface area contributed by atoms with E-state index in [0.717, 1.165) is 12.5 Å². The van der Waals surface area contributed by atoms with Crippen LogP contribution >= 0.6 is 15.9 Å². The van der Waals surface area contributed by atoms with Gasteiger partial charge in [-0.05, 0) is 29.7 Å². The molecule has 0 bridgehead atoms. The third-order valence-corrected chi connectivity index (χ3v) is 4.62. The molecule has 0 aromatic heterocycles. The molecule has 1 aromatic rings. The summed E-state index contributed by atoms with van der Waals surface area (Å²) in [6.07, 6.45) is 6.85. The van der Waals surface area contributed by atoms with Crippen LogP contribution < -0.4 is 5.32 Å². The van der Waals surface area contributed by atoms with Crippen molar-refractivity contribution in [3.05, 3.63) is 28.2 Å². The molecule has 0 radical (unpaired) electrons. The number of benzene rings is 1. The van der Waals surface area contributed by atoms with Gasteiger partial charge in [0.1, 0.15) is 0 Å². The maximum Gasteiger partial charge on any atom is 0.0377 e. The van der Waals surface area contributed by atoms with Crippen molar-refractivity contribution in [1.82, 2.24) is 0 Å². The average molecular weight is 310 g/mol. The smallest absolute Gasteiger partial charge is 0.0377 e. The molecule has 0 fully saturated rings. The van der Waals surface area contributed by atoms with Gasteiger partial charge in [0.2, 0.25) is 0 Å². The topological polar surface area (TPSA) is 12.0 Å². The van der Waals surface area contributed by atoms with Crippen LogP contribution in [0.5, 0.6) is 0 Å². The van der Waals surface area contributed by atoms with E-state index in [4.69, 9.17) is 0 Å². The van der Waals surface area contributed by atoms with Crippen molar-refractivity contribution in [2.24, 2.45) is 5.92 Å². The Morgan fingerprint density at radius 2 is 2.17 bits per heavy atom. The van der Waals surface area contributed by atoms with Gasteiger partial charge in [-0.2, -0.15) is 0 Å². The Balaban J connectivity index is 1.93. The van der Waals surface area contributed by atoms with E-state index in [0.29, 0.717) is 5.92 Å². The number of fused-ring (bicyclic) bond motifs is 1. The van der Waals surface area contributed by atoms with Crippen molar-refractivity contribution >= 4 is 21.6 Å². The van der Waals surface area contributed by atoms with Crippen LogP contribution in [0.3, 0.4) is 0 Å². The zero-order valence-electron chi connectivity index (χ0n) is 11.5. The molecule has 1 aliphatic heterocycles. The predicted molar refractivity (Wildman–Crippen MR) is 83.3 cm³/mol. The highest BCUT2D eigenvalue weighted by Crippen LogP contribution is 2.39. The van der Waals surface area contributed by atoms with E-state index >= 15 is 0 Å². The Kier molecular flexibility index (Phi) is 5.11. The van der Waals surface area contributed by atoms with Crippen LogP contribution in [0.4, 0.5) is 5.69 Å². The lowest BCUT2D eigenvalue weighted by Crippen LogP contribution is -2.12. The number of nitrogens with one attached hydrogen (secondary N) is 1. The Bertz CT molecular complexity index is 389. The van der Waals surface area contributed by atoms with Gasteiger partial charge in [-0.1, -0.05) is 61.9 Å². The number of hydrogen-bond acceptors (Lipinski definition) is 1. The molecule has 2 atom stereocenters. The van der Waals surface area contributed by atoms with Gasteiger partial charge in [0.25, 0.3) is 0 Å².